The third-order valence-electron chi connectivity index (χ3n) is 7.00. The lowest BCUT2D eigenvalue weighted by atomic mass is 10.1. The summed E-state index contributed by atoms with van der Waals surface area (Å²) in [5, 5.41) is 10.9. The van der Waals surface area contributed by atoms with E-state index in [2.05, 4.69) is 9.80 Å². The number of rotatable bonds is 8. The molecule has 1 amide bonds. The molecule has 0 saturated carbocycles. The number of nitro benzene ring substituents is 1. The van der Waals surface area contributed by atoms with E-state index in [9.17, 15) is 32.5 Å². The van der Waals surface area contributed by atoms with Gasteiger partial charge in [-0.2, -0.15) is 13.2 Å². The number of halogens is 4. The molecule has 8 nitrogen and oxygen atoms in total. The van der Waals surface area contributed by atoms with E-state index >= 15 is 0 Å². The lowest BCUT2D eigenvalue weighted by Crippen LogP contribution is -2.47. The summed E-state index contributed by atoms with van der Waals surface area (Å²) in [7, 11) is 0. The van der Waals surface area contributed by atoms with Crippen LogP contribution in [-0.2, 0) is 11.0 Å². The van der Waals surface area contributed by atoms with Gasteiger partial charge in [0.1, 0.15) is 23.2 Å². The number of alkyl halides is 3. The number of piperazine rings is 1. The molecule has 4 rings (SSSR count). The van der Waals surface area contributed by atoms with Gasteiger partial charge in [0, 0.05) is 70.3 Å². The molecular formula is C26H30F4N4O4. The van der Waals surface area contributed by atoms with Crippen LogP contribution in [-0.4, -0.2) is 72.5 Å². The smallest absolute Gasteiger partial charge is 0.423 e. The Labute approximate surface area is 217 Å². The molecule has 206 valence electrons. The molecule has 2 heterocycles. The van der Waals surface area contributed by atoms with Crippen molar-refractivity contribution in [2.24, 2.45) is 0 Å². The number of likely N-dealkylation sites (tertiary alicyclic amines) is 1. The molecule has 0 spiro atoms. The van der Waals surface area contributed by atoms with E-state index in [1.165, 1.54) is 18.2 Å². The molecule has 0 bridgehead atoms. The highest BCUT2D eigenvalue weighted by atomic mass is 19.4. The molecule has 0 radical (unpaired) electrons. The summed E-state index contributed by atoms with van der Waals surface area (Å²) >= 11 is 0. The third-order valence-corrected chi connectivity index (χ3v) is 7.00. The van der Waals surface area contributed by atoms with Gasteiger partial charge in [-0.15, -0.1) is 0 Å². The van der Waals surface area contributed by atoms with Gasteiger partial charge in [-0.3, -0.25) is 19.8 Å². The van der Waals surface area contributed by atoms with E-state index in [1.807, 2.05) is 0 Å². The van der Waals surface area contributed by atoms with Crippen LogP contribution in [0.4, 0.5) is 28.9 Å². The number of nitrogens with zero attached hydrogens (tertiary/aromatic N) is 4. The van der Waals surface area contributed by atoms with E-state index in [1.54, 1.807) is 17.0 Å². The molecule has 12 heteroatoms. The summed E-state index contributed by atoms with van der Waals surface area (Å²) in [4.78, 5) is 28.8. The van der Waals surface area contributed by atoms with Crippen molar-refractivity contribution in [2.45, 2.75) is 38.0 Å². The summed E-state index contributed by atoms with van der Waals surface area (Å²) < 4.78 is 58.4. The van der Waals surface area contributed by atoms with Crippen molar-refractivity contribution in [1.82, 2.24) is 9.80 Å². The number of piperidine rings is 1. The number of nitro groups is 1. The topological polar surface area (TPSA) is 79.2 Å². The summed E-state index contributed by atoms with van der Waals surface area (Å²) in [6.07, 6.45) is -3.16. The van der Waals surface area contributed by atoms with Crippen LogP contribution >= 0.6 is 0 Å². The van der Waals surface area contributed by atoms with Gasteiger partial charge in [0.2, 0.25) is 5.91 Å². The highest BCUT2D eigenvalue weighted by Crippen LogP contribution is 2.38. The SMILES string of the molecule is O=C(CCCN1CCN(c2ccc(F)cc2)CC1)N1CCC(Oc2ccc([N+](=O)[O-])c(C(F)(F)F)c2)CC1. The lowest BCUT2D eigenvalue weighted by molar-refractivity contribution is -0.388. The molecule has 2 aromatic rings. The molecule has 0 aromatic heterocycles. The van der Waals surface area contributed by atoms with Crippen molar-refractivity contribution < 1.29 is 32.0 Å². The zero-order valence-corrected chi connectivity index (χ0v) is 20.8. The van der Waals surface area contributed by atoms with Crippen molar-refractivity contribution in [3.8, 4) is 5.75 Å². The first-order valence-corrected chi connectivity index (χ1v) is 12.6. The largest absolute Gasteiger partial charge is 0.490 e. The Balaban J connectivity index is 1.17. The first-order valence-electron chi connectivity index (χ1n) is 12.6. The molecule has 0 aliphatic carbocycles. The summed E-state index contributed by atoms with van der Waals surface area (Å²) in [6, 6.07) is 9.12. The van der Waals surface area contributed by atoms with Gasteiger partial charge < -0.3 is 14.5 Å². The van der Waals surface area contributed by atoms with Crippen molar-refractivity contribution >= 4 is 17.3 Å². The lowest BCUT2D eigenvalue weighted by Gasteiger charge is -2.36. The highest BCUT2D eigenvalue weighted by Gasteiger charge is 2.39. The number of hydrogen-bond acceptors (Lipinski definition) is 6. The van der Waals surface area contributed by atoms with E-state index in [-0.39, 0.29) is 23.6 Å². The number of carbonyl (C=O) groups is 1. The van der Waals surface area contributed by atoms with Gasteiger partial charge in [0.25, 0.3) is 5.69 Å². The number of amides is 1. The molecule has 0 atom stereocenters. The molecule has 0 N–H and O–H groups in total. The number of anilines is 1. The fourth-order valence-corrected chi connectivity index (χ4v) is 4.88. The second-order valence-corrected chi connectivity index (χ2v) is 9.54. The summed E-state index contributed by atoms with van der Waals surface area (Å²) in [5.74, 6) is -0.284. The Hall–Kier alpha value is -3.41. The Kier molecular flexibility index (Phi) is 8.70. The third kappa shape index (κ3) is 7.12. The van der Waals surface area contributed by atoms with Crippen LogP contribution < -0.4 is 9.64 Å². The number of ether oxygens (including phenoxy) is 1. The van der Waals surface area contributed by atoms with E-state index in [0.717, 1.165) is 50.9 Å². The quantitative estimate of drug-likeness (QED) is 0.275. The minimum absolute atomic E-state index is 0.0445. The standard InChI is InChI=1S/C26H30F4N4O4/c27-19-3-5-20(6-4-19)32-16-14-31(15-17-32)11-1-2-25(35)33-12-9-21(10-13-33)38-22-7-8-24(34(36)37)23(18-22)26(28,29)30/h3-8,18,21H,1-2,9-17H2. The van der Waals surface area contributed by atoms with Crippen molar-refractivity contribution in [2.75, 3.05) is 50.7 Å². The maximum Gasteiger partial charge on any atom is 0.423 e. The maximum atomic E-state index is 13.2. The van der Waals surface area contributed by atoms with Crippen LogP contribution in [0.1, 0.15) is 31.2 Å². The van der Waals surface area contributed by atoms with E-state index in [0.29, 0.717) is 38.4 Å². The number of hydrogen-bond donors (Lipinski definition) is 0. The highest BCUT2D eigenvalue weighted by molar-refractivity contribution is 5.76. The Morgan fingerprint density at radius 2 is 1.66 bits per heavy atom. The Morgan fingerprint density at radius 1 is 1.00 bits per heavy atom. The van der Waals surface area contributed by atoms with Gasteiger partial charge in [0.15, 0.2) is 0 Å². The van der Waals surface area contributed by atoms with Crippen molar-refractivity contribution in [3.05, 3.63) is 64.0 Å². The summed E-state index contributed by atoms with van der Waals surface area (Å²) in [5.41, 5.74) is -1.35. The van der Waals surface area contributed by atoms with Crippen LogP contribution in [0.2, 0.25) is 0 Å². The number of benzene rings is 2. The fraction of sp³-hybridized carbons (Fsp3) is 0.500. The molecule has 2 aliphatic rings. The molecule has 2 fully saturated rings. The second-order valence-electron chi connectivity index (χ2n) is 9.54. The van der Waals surface area contributed by atoms with Crippen LogP contribution in [0.3, 0.4) is 0 Å². The zero-order chi connectivity index (χ0) is 27.3. The predicted molar refractivity (Wildman–Crippen MR) is 133 cm³/mol. The first-order chi connectivity index (χ1) is 18.1. The van der Waals surface area contributed by atoms with Crippen molar-refractivity contribution in [3.63, 3.8) is 0 Å². The zero-order valence-electron chi connectivity index (χ0n) is 20.8. The Morgan fingerprint density at radius 3 is 2.26 bits per heavy atom. The first kappa shape index (κ1) is 27.6. The van der Waals surface area contributed by atoms with Crippen LogP contribution in [0.5, 0.6) is 5.75 Å². The Bertz CT molecular complexity index is 1110. The molecule has 2 aliphatic heterocycles. The second kappa shape index (κ2) is 12.0. The van der Waals surface area contributed by atoms with Gasteiger partial charge >= 0.3 is 6.18 Å². The van der Waals surface area contributed by atoms with Crippen LogP contribution in [0, 0.1) is 15.9 Å². The van der Waals surface area contributed by atoms with Crippen LogP contribution in [0.15, 0.2) is 42.5 Å². The summed E-state index contributed by atoms with van der Waals surface area (Å²) in [6.45, 7) is 5.11. The van der Waals surface area contributed by atoms with E-state index < -0.39 is 22.4 Å². The van der Waals surface area contributed by atoms with Crippen molar-refractivity contribution in [1.29, 1.82) is 0 Å². The molecule has 2 saturated heterocycles. The maximum absolute atomic E-state index is 13.2. The molecule has 2 aromatic carbocycles. The van der Waals surface area contributed by atoms with Crippen LogP contribution in [0.25, 0.3) is 0 Å². The van der Waals surface area contributed by atoms with Gasteiger partial charge in [-0.05, 0) is 49.4 Å². The molecular weight excluding hydrogens is 508 g/mol. The van der Waals surface area contributed by atoms with Gasteiger partial charge in [-0.25, -0.2) is 4.39 Å². The predicted octanol–water partition coefficient (Wildman–Crippen LogP) is 4.72. The minimum atomic E-state index is -4.87. The minimum Gasteiger partial charge on any atom is -0.490 e. The average Bonchev–Trinajstić information content (AvgIpc) is 2.89. The fourth-order valence-electron chi connectivity index (χ4n) is 4.88. The molecule has 0 unspecified atom stereocenters. The normalized spacial score (nSPS) is 17.5. The monoisotopic (exact) mass is 538 g/mol. The molecule has 38 heavy (non-hydrogen) atoms. The number of carbonyl (C=O) groups excluding carboxylic acids is 1. The van der Waals surface area contributed by atoms with Gasteiger partial charge in [-0.1, -0.05) is 0 Å². The van der Waals surface area contributed by atoms with Gasteiger partial charge in [0.05, 0.1) is 4.92 Å². The van der Waals surface area contributed by atoms with E-state index in [4.69, 9.17) is 4.74 Å². The average molecular weight is 539 g/mol.